The molecule has 0 radical (unpaired) electrons. The second-order valence-electron chi connectivity index (χ2n) is 3.64. The zero-order valence-corrected chi connectivity index (χ0v) is 9.68. The van der Waals surface area contributed by atoms with Crippen molar-refractivity contribution >= 4 is 15.7 Å². The van der Waals surface area contributed by atoms with Gasteiger partial charge in [0.1, 0.15) is 0 Å². The molecule has 0 amide bonds. The van der Waals surface area contributed by atoms with Crippen molar-refractivity contribution in [3.63, 3.8) is 0 Å². The maximum absolute atomic E-state index is 11.8. The lowest BCUT2D eigenvalue weighted by Gasteiger charge is -2.06. The second kappa shape index (κ2) is 4.27. The molecule has 0 unspecified atom stereocenters. The molecule has 2 N–H and O–H groups in total. The number of benzene rings is 1. The van der Waals surface area contributed by atoms with E-state index in [1.807, 2.05) is 6.07 Å². The van der Waals surface area contributed by atoms with Gasteiger partial charge in [0.05, 0.1) is 4.90 Å². The molecule has 0 saturated heterocycles. The first kappa shape index (κ1) is 11.2. The summed E-state index contributed by atoms with van der Waals surface area (Å²) in [6, 6.07) is 5.15. The minimum Gasteiger partial charge on any atom is -0.384 e. The van der Waals surface area contributed by atoms with Crippen LogP contribution in [0.1, 0.15) is 5.56 Å². The van der Waals surface area contributed by atoms with Gasteiger partial charge in [-0.25, -0.2) is 13.1 Å². The predicted molar refractivity (Wildman–Crippen MR) is 64.0 cm³/mol. The fourth-order valence-electron chi connectivity index (χ4n) is 1.70. The normalized spacial score (nSPS) is 14.2. The Bertz CT molecular complexity index is 509. The number of anilines is 1. The fraction of sp³-hybridized carbons (Fsp3) is 0.273. The maximum atomic E-state index is 11.8. The number of nitrogens with one attached hydrogen (secondary N) is 2. The SMILES string of the molecule is C=CCNS(=O)(=O)c1ccc2c(c1)CCN2. The number of hydrogen-bond acceptors (Lipinski definition) is 3. The molecule has 1 aromatic carbocycles. The summed E-state index contributed by atoms with van der Waals surface area (Å²) in [5.74, 6) is 0. The Morgan fingerprint density at radius 2 is 2.31 bits per heavy atom. The van der Waals surface area contributed by atoms with E-state index >= 15 is 0 Å². The molecule has 0 spiro atoms. The Balaban J connectivity index is 2.30. The lowest BCUT2D eigenvalue weighted by molar-refractivity contribution is 0.585. The van der Waals surface area contributed by atoms with Crippen molar-refractivity contribution in [1.29, 1.82) is 0 Å². The molecule has 1 aliphatic heterocycles. The topological polar surface area (TPSA) is 58.2 Å². The zero-order chi connectivity index (χ0) is 11.6. The molecule has 86 valence electrons. The van der Waals surface area contributed by atoms with E-state index in [1.165, 1.54) is 6.08 Å². The van der Waals surface area contributed by atoms with E-state index in [4.69, 9.17) is 0 Å². The molecule has 0 aromatic heterocycles. The predicted octanol–water partition coefficient (Wildman–Crippen LogP) is 1.12. The Labute approximate surface area is 95.4 Å². The summed E-state index contributed by atoms with van der Waals surface area (Å²) in [5, 5.41) is 3.19. The van der Waals surface area contributed by atoms with Crippen LogP contribution in [0.15, 0.2) is 35.7 Å². The number of rotatable bonds is 4. The highest BCUT2D eigenvalue weighted by molar-refractivity contribution is 7.89. The van der Waals surface area contributed by atoms with E-state index in [0.29, 0.717) is 4.90 Å². The van der Waals surface area contributed by atoms with Gasteiger partial charge in [0.2, 0.25) is 10.0 Å². The molecule has 0 bridgehead atoms. The van der Waals surface area contributed by atoms with E-state index in [0.717, 1.165) is 24.2 Å². The van der Waals surface area contributed by atoms with Crippen LogP contribution in [0.2, 0.25) is 0 Å². The maximum Gasteiger partial charge on any atom is 0.240 e. The van der Waals surface area contributed by atoms with Crippen LogP contribution in [-0.2, 0) is 16.4 Å². The number of sulfonamides is 1. The minimum atomic E-state index is -3.39. The molecule has 5 heteroatoms. The summed E-state index contributed by atoms with van der Waals surface area (Å²) in [5.41, 5.74) is 2.09. The summed E-state index contributed by atoms with van der Waals surface area (Å²) >= 11 is 0. The Hall–Kier alpha value is -1.33. The van der Waals surface area contributed by atoms with Crippen LogP contribution >= 0.6 is 0 Å². The van der Waals surface area contributed by atoms with E-state index in [-0.39, 0.29) is 6.54 Å². The Morgan fingerprint density at radius 1 is 1.50 bits per heavy atom. The van der Waals surface area contributed by atoms with Crippen LogP contribution in [0.5, 0.6) is 0 Å². The summed E-state index contributed by atoms with van der Waals surface area (Å²) in [6.45, 7) is 4.60. The standard InChI is InChI=1S/C11H14N2O2S/c1-2-6-13-16(14,15)10-3-4-11-9(8-10)5-7-12-11/h2-4,8,12-13H,1,5-7H2. The summed E-state index contributed by atoms with van der Waals surface area (Å²) in [7, 11) is -3.39. The van der Waals surface area contributed by atoms with Gasteiger partial charge in [-0.15, -0.1) is 6.58 Å². The van der Waals surface area contributed by atoms with Crippen LogP contribution in [0.3, 0.4) is 0 Å². The molecule has 0 aliphatic carbocycles. The van der Waals surface area contributed by atoms with Gasteiger partial charge in [0, 0.05) is 18.8 Å². The van der Waals surface area contributed by atoms with Crippen LogP contribution in [0.4, 0.5) is 5.69 Å². The van der Waals surface area contributed by atoms with E-state index in [9.17, 15) is 8.42 Å². The highest BCUT2D eigenvalue weighted by Crippen LogP contribution is 2.24. The molecule has 1 aliphatic rings. The largest absolute Gasteiger partial charge is 0.384 e. The lowest BCUT2D eigenvalue weighted by Crippen LogP contribution is -2.23. The Morgan fingerprint density at radius 3 is 3.06 bits per heavy atom. The van der Waals surface area contributed by atoms with Crippen molar-refractivity contribution in [3.05, 3.63) is 36.4 Å². The van der Waals surface area contributed by atoms with Gasteiger partial charge >= 0.3 is 0 Å². The Kier molecular flexibility index (Phi) is 2.98. The summed E-state index contributed by atoms with van der Waals surface area (Å²) in [4.78, 5) is 0.316. The quantitative estimate of drug-likeness (QED) is 0.773. The van der Waals surface area contributed by atoms with Gasteiger partial charge in [0.25, 0.3) is 0 Å². The molecule has 0 saturated carbocycles. The summed E-state index contributed by atoms with van der Waals surface area (Å²) in [6.07, 6.45) is 2.40. The van der Waals surface area contributed by atoms with Crippen molar-refractivity contribution in [2.75, 3.05) is 18.4 Å². The molecule has 16 heavy (non-hydrogen) atoms. The third kappa shape index (κ3) is 2.10. The van der Waals surface area contributed by atoms with Gasteiger partial charge in [0.15, 0.2) is 0 Å². The van der Waals surface area contributed by atoms with Crippen LogP contribution < -0.4 is 10.0 Å². The van der Waals surface area contributed by atoms with Gasteiger partial charge in [-0.05, 0) is 30.2 Å². The van der Waals surface area contributed by atoms with Crippen LogP contribution in [-0.4, -0.2) is 21.5 Å². The monoisotopic (exact) mass is 238 g/mol. The molecule has 0 fully saturated rings. The van der Waals surface area contributed by atoms with Gasteiger partial charge in [-0.2, -0.15) is 0 Å². The van der Waals surface area contributed by atoms with Crippen LogP contribution in [0, 0.1) is 0 Å². The van der Waals surface area contributed by atoms with E-state index in [2.05, 4.69) is 16.6 Å². The van der Waals surface area contributed by atoms with Crippen molar-refractivity contribution in [2.45, 2.75) is 11.3 Å². The summed E-state index contributed by atoms with van der Waals surface area (Å²) < 4.78 is 26.1. The van der Waals surface area contributed by atoms with Gasteiger partial charge in [-0.3, -0.25) is 0 Å². The van der Waals surface area contributed by atoms with Crippen LogP contribution in [0.25, 0.3) is 0 Å². The third-order valence-electron chi connectivity index (χ3n) is 2.51. The lowest BCUT2D eigenvalue weighted by atomic mass is 10.2. The van der Waals surface area contributed by atoms with Crippen molar-refractivity contribution < 1.29 is 8.42 Å². The molecule has 1 heterocycles. The zero-order valence-electron chi connectivity index (χ0n) is 8.86. The first-order valence-electron chi connectivity index (χ1n) is 5.11. The smallest absolute Gasteiger partial charge is 0.240 e. The highest BCUT2D eigenvalue weighted by Gasteiger charge is 2.17. The average Bonchev–Trinajstić information content (AvgIpc) is 2.73. The molecular formula is C11H14N2O2S. The second-order valence-corrected chi connectivity index (χ2v) is 5.40. The minimum absolute atomic E-state index is 0.248. The van der Waals surface area contributed by atoms with E-state index in [1.54, 1.807) is 12.1 Å². The average molecular weight is 238 g/mol. The van der Waals surface area contributed by atoms with Gasteiger partial charge < -0.3 is 5.32 Å². The van der Waals surface area contributed by atoms with Crippen molar-refractivity contribution in [1.82, 2.24) is 4.72 Å². The fourth-order valence-corrected chi connectivity index (χ4v) is 2.75. The number of fused-ring (bicyclic) bond motifs is 1. The first-order chi connectivity index (χ1) is 7.63. The third-order valence-corrected chi connectivity index (χ3v) is 3.94. The van der Waals surface area contributed by atoms with Crippen molar-refractivity contribution in [3.8, 4) is 0 Å². The molecule has 2 rings (SSSR count). The number of hydrogen-bond donors (Lipinski definition) is 2. The molecular weight excluding hydrogens is 224 g/mol. The first-order valence-corrected chi connectivity index (χ1v) is 6.59. The van der Waals surface area contributed by atoms with Gasteiger partial charge in [-0.1, -0.05) is 6.08 Å². The molecule has 1 aromatic rings. The molecule has 4 nitrogen and oxygen atoms in total. The van der Waals surface area contributed by atoms with E-state index < -0.39 is 10.0 Å². The van der Waals surface area contributed by atoms with Crippen molar-refractivity contribution in [2.24, 2.45) is 0 Å². The molecule has 0 atom stereocenters. The highest BCUT2D eigenvalue weighted by atomic mass is 32.2.